The van der Waals surface area contributed by atoms with E-state index >= 15 is 0 Å². The summed E-state index contributed by atoms with van der Waals surface area (Å²) in [5, 5.41) is 3.57. The number of rotatable bonds is 7. The second-order valence-corrected chi connectivity index (χ2v) is 8.50. The average Bonchev–Trinajstić information content (AvgIpc) is 2.81. The van der Waals surface area contributed by atoms with Gasteiger partial charge in [0.25, 0.3) is 0 Å². The number of hydrogen-bond acceptors (Lipinski definition) is 4. The van der Waals surface area contributed by atoms with E-state index in [1.54, 1.807) is 12.1 Å². The Kier molecular flexibility index (Phi) is 7.42. The van der Waals surface area contributed by atoms with Crippen LogP contribution in [-0.2, 0) is 4.79 Å². The summed E-state index contributed by atoms with van der Waals surface area (Å²) in [5.41, 5.74) is 1.94. The summed E-state index contributed by atoms with van der Waals surface area (Å²) in [5.74, 6) is 0.904. The zero-order chi connectivity index (χ0) is 22.3. The number of amides is 1. The lowest BCUT2D eigenvalue weighted by atomic mass is 9.96. The van der Waals surface area contributed by atoms with Gasteiger partial charge in [-0.2, -0.15) is 0 Å². The van der Waals surface area contributed by atoms with Gasteiger partial charge in [-0.25, -0.2) is 9.38 Å². The molecule has 1 aromatic rings. The number of fused-ring (bicyclic) bond motifs is 1. The Morgan fingerprint density at radius 3 is 2.69 bits per heavy atom. The molecule has 1 aromatic carbocycles. The van der Waals surface area contributed by atoms with Gasteiger partial charge in [0, 0.05) is 44.8 Å². The first-order valence-corrected chi connectivity index (χ1v) is 11.6. The molecule has 1 N–H and O–H groups in total. The quantitative estimate of drug-likeness (QED) is 0.507. The summed E-state index contributed by atoms with van der Waals surface area (Å²) in [6.07, 6.45) is 11.3. The molecule has 0 radical (unpaired) electrons. The highest BCUT2D eigenvalue weighted by Crippen LogP contribution is 2.18. The van der Waals surface area contributed by atoms with Gasteiger partial charge in [-0.15, -0.1) is 0 Å². The molecule has 1 unspecified atom stereocenters. The third kappa shape index (κ3) is 5.68. The molecule has 4 rings (SSSR count). The maximum Gasteiger partial charge on any atom is 0.222 e. The van der Waals surface area contributed by atoms with Crippen molar-refractivity contribution in [3.05, 3.63) is 54.4 Å². The number of nitrogens with zero attached hydrogens (tertiary/aromatic N) is 4. The fraction of sp³-hybridized carbons (Fsp3) is 0.417. The zero-order valence-corrected chi connectivity index (χ0v) is 18.9. The van der Waals surface area contributed by atoms with Gasteiger partial charge >= 0.3 is 0 Å². The Morgan fingerprint density at radius 2 is 1.91 bits per heavy atom. The molecular weight excluding hydrogens is 425 g/mol. The Morgan fingerprint density at radius 1 is 1.12 bits per heavy atom. The summed E-state index contributed by atoms with van der Waals surface area (Å²) < 4.78 is 13.1. The van der Waals surface area contributed by atoms with Crippen LogP contribution in [0.3, 0.4) is 0 Å². The topological polar surface area (TPSA) is 60.3 Å². The number of anilines is 1. The van der Waals surface area contributed by atoms with E-state index < -0.39 is 0 Å². The summed E-state index contributed by atoms with van der Waals surface area (Å²) in [7, 11) is 0. The van der Waals surface area contributed by atoms with Crippen molar-refractivity contribution in [2.24, 2.45) is 15.9 Å². The van der Waals surface area contributed by atoms with Crippen LogP contribution in [0.15, 0.2) is 58.6 Å². The first-order valence-electron chi connectivity index (χ1n) is 11.2. The number of piperazine rings is 1. The maximum absolute atomic E-state index is 13.1. The highest BCUT2D eigenvalue weighted by molar-refractivity contribution is 7.80. The summed E-state index contributed by atoms with van der Waals surface area (Å²) in [6.45, 7) is 3.68. The Labute approximate surface area is 193 Å². The maximum atomic E-state index is 13.1. The van der Waals surface area contributed by atoms with E-state index in [1.807, 2.05) is 23.1 Å². The molecule has 1 saturated heterocycles. The normalized spacial score (nSPS) is 21.4. The molecule has 2 heterocycles. The van der Waals surface area contributed by atoms with Gasteiger partial charge < -0.3 is 15.1 Å². The summed E-state index contributed by atoms with van der Waals surface area (Å²) in [6, 6.07) is 6.54. The standard InChI is InChI=1S/C24H28FN5OS/c25-18-9-11-19(12-10-18)29-14-16-30(17-15-29)22(31)8-2-1-5-13-26-23-20-6-3-4-7-21(20)27-24(32)28-23/h3-4,6-7,9-12,20H,1-2,5,8,13-17H2,(H,26,28,32). The van der Waals surface area contributed by atoms with Crippen LogP contribution in [0, 0.1) is 11.7 Å². The van der Waals surface area contributed by atoms with E-state index in [0.29, 0.717) is 31.2 Å². The van der Waals surface area contributed by atoms with E-state index in [2.05, 4.69) is 21.3 Å². The van der Waals surface area contributed by atoms with Crippen LogP contribution in [0.25, 0.3) is 0 Å². The van der Waals surface area contributed by atoms with Gasteiger partial charge in [0.2, 0.25) is 5.91 Å². The van der Waals surface area contributed by atoms with E-state index in [-0.39, 0.29) is 17.6 Å². The smallest absolute Gasteiger partial charge is 0.222 e. The fourth-order valence-corrected chi connectivity index (χ4v) is 4.34. The SMILES string of the molecule is O=C(CCCCCN=C1NC(=S)N=C2C=CC=CC21)N1CCN(c2ccc(F)cc2)CC1. The monoisotopic (exact) mass is 453 g/mol. The number of unbranched alkanes of at least 4 members (excludes halogenated alkanes) is 2. The minimum absolute atomic E-state index is 0.0573. The van der Waals surface area contributed by atoms with Gasteiger partial charge in [0.1, 0.15) is 11.7 Å². The van der Waals surface area contributed by atoms with Gasteiger partial charge in [-0.3, -0.25) is 9.79 Å². The van der Waals surface area contributed by atoms with Crippen molar-refractivity contribution in [2.45, 2.75) is 25.7 Å². The molecule has 32 heavy (non-hydrogen) atoms. The molecule has 168 valence electrons. The molecule has 2 aliphatic heterocycles. The molecule has 0 spiro atoms. The van der Waals surface area contributed by atoms with Crippen molar-refractivity contribution in [3.8, 4) is 0 Å². The van der Waals surface area contributed by atoms with E-state index in [9.17, 15) is 9.18 Å². The van der Waals surface area contributed by atoms with Crippen LogP contribution in [0.5, 0.6) is 0 Å². The molecular formula is C24H28FN5OS. The van der Waals surface area contributed by atoms with Gasteiger partial charge in [0.15, 0.2) is 5.11 Å². The second-order valence-electron chi connectivity index (χ2n) is 8.11. The molecule has 1 aliphatic carbocycles. The third-order valence-electron chi connectivity index (χ3n) is 5.92. The molecule has 3 aliphatic rings. The summed E-state index contributed by atoms with van der Waals surface area (Å²) in [4.78, 5) is 25.7. The van der Waals surface area contributed by atoms with E-state index in [1.165, 1.54) is 12.1 Å². The van der Waals surface area contributed by atoms with E-state index in [0.717, 1.165) is 49.6 Å². The number of nitrogens with one attached hydrogen (secondary N) is 1. The van der Waals surface area contributed by atoms with Crippen molar-refractivity contribution < 1.29 is 9.18 Å². The molecule has 1 amide bonds. The number of hydrogen-bond donors (Lipinski definition) is 1. The average molecular weight is 454 g/mol. The molecule has 0 bridgehead atoms. The number of benzene rings is 1. The number of amidine groups is 1. The number of allylic oxidation sites excluding steroid dienone is 3. The van der Waals surface area contributed by atoms with Gasteiger partial charge in [0.05, 0.1) is 11.6 Å². The molecule has 0 aromatic heterocycles. The van der Waals surface area contributed by atoms with Crippen LogP contribution >= 0.6 is 12.2 Å². The molecule has 1 fully saturated rings. The summed E-state index contributed by atoms with van der Waals surface area (Å²) >= 11 is 5.20. The van der Waals surface area contributed by atoms with Crippen LogP contribution in [0.4, 0.5) is 10.1 Å². The number of halogens is 1. The zero-order valence-electron chi connectivity index (χ0n) is 18.0. The minimum atomic E-state index is -0.228. The molecule has 0 saturated carbocycles. The van der Waals surface area contributed by atoms with Crippen molar-refractivity contribution in [2.75, 3.05) is 37.6 Å². The highest BCUT2D eigenvalue weighted by Gasteiger charge is 2.25. The van der Waals surface area contributed by atoms with Crippen LogP contribution in [-0.4, -0.2) is 60.2 Å². The Bertz CT molecular complexity index is 961. The van der Waals surface area contributed by atoms with Crippen LogP contribution in [0.1, 0.15) is 25.7 Å². The number of carbonyl (C=O) groups excluding carboxylic acids is 1. The third-order valence-corrected chi connectivity index (χ3v) is 6.11. The van der Waals surface area contributed by atoms with Crippen LogP contribution in [0.2, 0.25) is 0 Å². The Balaban J connectivity index is 1.14. The van der Waals surface area contributed by atoms with Crippen molar-refractivity contribution in [1.82, 2.24) is 10.2 Å². The first kappa shape index (κ1) is 22.3. The minimum Gasteiger partial charge on any atom is -0.368 e. The van der Waals surface area contributed by atoms with Crippen molar-refractivity contribution in [3.63, 3.8) is 0 Å². The Hall–Kier alpha value is -2.87. The number of thiocarbonyl (C=S) groups is 1. The fourth-order valence-electron chi connectivity index (χ4n) is 4.13. The second kappa shape index (κ2) is 10.6. The van der Waals surface area contributed by atoms with Gasteiger partial charge in [-0.05, 0) is 55.4 Å². The predicted octanol–water partition coefficient (Wildman–Crippen LogP) is 3.50. The molecule has 8 heteroatoms. The first-order chi connectivity index (χ1) is 15.6. The van der Waals surface area contributed by atoms with Crippen molar-refractivity contribution in [1.29, 1.82) is 0 Å². The largest absolute Gasteiger partial charge is 0.368 e. The van der Waals surface area contributed by atoms with Gasteiger partial charge in [-0.1, -0.05) is 24.6 Å². The van der Waals surface area contributed by atoms with Crippen molar-refractivity contribution >= 4 is 40.5 Å². The number of carbonyl (C=O) groups is 1. The highest BCUT2D eigenvalue weighted by atomic mass is 32.1. The lowest BCUT2D eigenvalue weighted by molar-refractivity contribution is -0.131. The molecule has 6 nitrogen and oxygen atoms in total. The number of aliphatic imine (C=N–C) groups is 2. The van der Waals surface area contributed by atoms with E-state index in [4.69, 9.17) is 17.2 Å². The predicted molar refractivity (Wildman–Crippen MR) is 131 cm³/mol. The lowest BCUT2D eigenvalue weighted by Crippen LogP contribution is -2.48. The molecule has 1 atom stereocenters. The lowest BCUT2D eigenvalue weighted by Gasteiger charge is -2.36. The van der Waals surface area contributed by atoms with Crippen LogP contribution < -0.4 is 10.2 Å².